The number of primary amides is 1. The van der Waals surface area contributed by atoms with E-state index in [-0.39, 0.29) is 19.0 Å². The van der Waals surface area contributed by atoms with Gasteiger partial charge in [0.2, 0.25) is 6.41 Å². The van der Waals surface area contributed by atoms with Crippen LogP contribution < -0.4 is 11.5 Å². The first-order valence-electron chi connectivity index (χ1n) is 16.4. The van der Waals surface area contributed by atoms with E-state index in [1.165, 1.54) is 25.1 Å². The van der Waals surface area contributed by atoms with E-state index >= 15 is 0 Å². The average Bonchev–Trinajstić information content (AvgIpc) is 3.44. The normalized spacial score (nSPS) is 16.8. The molecule has 2 amide bonds. The minimum Gasteiger partial charge on any atom is -0.372 e. The minimum absolute atomic E-state index is 0.0422. The van der Waals surface area contributed by atoms with Crippen LogP contribution in [0.15, 0.2) is 66.2 Å². The van der Waals surface area contributed by atoms with Gasteiger partial charge in [-0.1, -0.05) is 62.7 Å². The molecule has 0 spiro atoms. The zero-order valence-corrected chi connectivity index (χ0v) is 30.4. The third-order valence-corrected chi connectivity index (χ3v) is 8.74. The Morgan fingerprint density at radius 1 is 1.06 bits per heavy atom. The number of alkyl halides is 5. The summed E-state index contributed by atoms with van der Waals surface area (Å²) >= 11 is 6.43. The standard InChI is InChI=1S/C29H29ClF2N8O2.C5H9F3.CH3NO/c1-29(2,27(31)32)42-14-23(18-7-10-22(30)21(11-18)25-34-15-35-38-25)40-26(41)24(37-28(40)33)17-5-3-16(4-6-17)19-12-36-39(13-19)20-8-9-20;1-4(2,3)5(6,7)8;2-1-3/h3-7,10-13,15,20,23-24,27H,8-9,14H2,1-2H3,(H2,33,37)(H,34,35,38);1-3H3;1H,(H2,2,3)/t23-,24-;;/m1../s1. The fraction of sp³-hybridized carbons (Fsp3) is 0.429. The van der Waals surface area contributed by atoms with Crippen molar-refractivity contribution in [3.05, 3.63) is 77.3 Å². The van der Waals surface area contributed by atoms with E-state index < -0.39 is 41.6 Å². The Kier molecular flexibility index (Phi) is 12.7. The molecule has 0 saturated heterocycles. The summed E-state index contributed by atoms with van der Waals surface area (Å²) in [5.74, 6) is -0.0368. The molecule has 1 fully saturated rings. The minimum atomic E-state index is -4.06. The molecule has 2 atom stereocenters. The smallest absolute Gasteiger partial charge is 0.372 e. The van der Waals surface area contributed by atoms with Gasteiger partial charge >= 0.3 is 6.18 Å². The Labute approximate surface area is 307 Å². The first-order valence-corrected chi connectivity index (χ1v) is 16.8. The van der Waals surface area contributed by atoms with Gasteiger partial charge in [0.25, 0.3) is 12.3 Å². The highest BCUT2D eigenvalue weighted by atomic mass is 35.5. The molecule has 18 heteroatoms. The number of ether oxygens (including phenoxy) is 1. The van der Waals surface area contributed by atoms with E-state index in [0.29, 0.717) is 33.6 Å². The third kappa shape index (κ3) is 9.95. The number of aliphatic imine (C=N–C) groups is 1. The van der Waals surface area contributed by atoms with Crippen molar-refractivity contribution in [2.45, 2.75) is 83.8 Å². The molecule has 4 aromatic rings. The Hall–Kier alpha value is -4.90. The molecule has 1 saturated carbocycles. The SMILES string of the molecule is CC(C)(C)C(F)(F)F.CC(C)(OC[C@H](c1ccc(Cl)c(-c2ncn[nH]2)c1)N1C(=O)[C@@H](c2ccc(-c3cnn(C4CC4)c3)cc2)N=C1N)C(F)F.NC=O. The molecular weight excluding hydrogens is 725 g/mol. The van der Waals surface area contributed by atoms with E-state index in [1.54, 1.807) is 18.2 Å². The van der Waals surface area contributed by atoms with Crippen LogP contribution in [-0.2, 0) is 14.3 Å². The number of hydrogen-bond donors (Lipinski definition) is 3. The van der Waals surface area contributed by atoms with E-state index in [2.05, 4.69) is 31.0 Å². The van der Waals surface area contributed by atoms with Crippen LogP contribution in [0, 0.1) is 5.41 Å². The second-order valence-electron chi connectivity index (χ2n) is 13.8. The predicted molar refractivity (Wildman–Crippen MR) is 189 cm³/mol. The van der Waals surface area contributed by atoms with Crippen LogP contribution in [0.25, 0.3) is 22.5 Å². The van der Waals surface area contributed by atoms with Crippen LogP contribution in [0.2, 0.25) is 5.02 Å². The molecule has 0 bridgehead atoms. The Morgan fingerprint density at radius 3 is 2.21 bits per heavy atom. The lowest BCUT2D eigenvalue weighted by Crippen LogP contribution is -2.44. The van der Waals surface area contributed by atoms with Gasteiger partial charge in [0.05, 0.1) is 35.3 Å². The number of hydrogen-bond acceptors (Lipinski definition) is 8. The molecule has 286 valence electrons. The quantitative estimate of drug-likeness (QED) is 0.115. The van der Waals surface area contributed by atoms with Crippen LogP contribution >= 0.6 is 11.6 Å². The highest BCUT2D eigenvalue weighted by Gasteiger charge is 2.43. The number of halogens is 6. The lowest BCUT2D eigenvalue weighted by Gasteiger charge is -2.32. The maximum Gasteiger partial charge on any atom is 0.393 e. The zero-order chi connectivity index (χ0) is 39.3. The summed E-state index contributed by atoms with van der Waals surface area (Å²) in [6.07, 6.45) is 0.912. The van der Waals surface area contributed by atoms with Crippen LogP contribution in [0.3, 0.4) is 0 Å². The summed E-state index contributed by atoms with van der Waals surface area (Å²) in [6.45, 7) is 5.75. The van der Waals surface area contributed by atoms with Crippen molar-refractivity contribution in [2.24, 2.45) is 21.9 Å². The second-order valence-corrected chi connectivity index (χ2v) is 14.3. The molecule has 1 aliphatic heterocycles. The lowest BCUT2D eigenvalue weighted by atomic mass is 9.96. The summed E-state index contributed by atoms with van der Waals surface area (Å²) < 4.78 is 69.7. The van der Waals surface area contributed by atoms with Crippen LogP contribution in [0.4, 0.5) is 22.0 Å². The summed E-state index contributed by atoms with van der Waals surface area (Å²) in [4.78, 5) is 32.4. The molecular formula is C35H41ClF5N9O3. The molecule has 3 heterocycles. The Balaban J connectivity index is 0.000000500. The van der Waals surface area contributed by atoms with Gasteiger partial charge in [0.15, 0.2) is 17.8 Å². The van der Waals surface area contributed by atoms with Gasteiger partial charge in [0, 0.05) is 17.3 Å². The molecule has 0 radical (unpaired) electrons. The molecule has 2 aliphatic rings. The Morgan fingerprint density at radius 2 is 1.68 bits per heavy atom. The van der Waals surface area contributed by atoms with Gasteiger partial charge in [0.1, 0.15) is 11.9 Å². The molecule has 0 unspecified atom stereocenters. The average molecular weight is 766 g/mol. The topological polar surface area (TPSA) is 170 Å². The molecule has 5 N–H and O–H groups in total. The highest BCUT2D eigenvalue weighted by molar-refractivity contribution is 6.33. The van der Waals surface area contributed by atoms with Gasteiger partial charge in [-0.25, -0.2) is 18.8 Å². The molecule has 6 rings (SSSR count). The number of H-pyrrole nitrogens is 1. The first kappa shape index (κ1) is 40.9. The number of guanidine groups is 1. The molecule has 53 heavy (non-hydrogen) atoms. The fourth-order valence-corrected chi connectivity index (χ4v) is 5.06. The van der Waals surface area contributed by atoms with Gasteiger partial charge in [-0.2, -0.15) is 23.4 Å². The lowest BCUT2D eigenvalue weighted by molar-refractivity contribution is -0.204. The summed E-state index contributed by atoms with van der Waals surface area (Å²) in [7, 11) is 0. The maximum absolute atomic E-state index is 13.9. The first-order chi connectivity index (χ1) is 24.8. The zero-order valence-electron chi connectivity index (χ0n) is 29.6. The summed E-state index contributed by atoms with van der Waals surface area (Å²) in [6, 6.07) is 11.2. The van der Waals surface area contributed by atoms with Crippen molar-refractivity contribution in [3.63, 3.8) is 0 Å². The molecule has 1 aliphatic carbocycles. The summed E-state index contributed by atoms with van der Waals surface area (Å²) in [5, 5.41) is 11.5. The van der Waals surface area contributed by atoms with Crippen LogP contribution in [0.1, 0.15) is 76.7 Å². The maximum atomic E-state index is 13.9. The summed E-state index contributed by atoms with van der Waals surface area (Å²) in [5.41, 5.74) is 10.8. The third-order valence-electron chi connectivity index (χ3n) is 8.41. The van der Waals surface area contributed by atoms with E-state index in [0.717, 1.165) is 44.7 Å². The van der Waals surface area contributed by atoms with Crippen molar-refractivity contribution in [1.82, 2.24) is 29.9 Å². The van der Waals surface area contributed by atoms with Crippen molar-refractivity contribution in [2.75, 3.05) is 6.61 Å². The predicted octanol–water partition coefficient (Wildman–Crippen LogP) is 7.02. The van der Waals surface area contributed by atoms with E-state index in [9.17, 15) is 26.7 Å². The number of nitrogens with one attached hydrogen (secondary N) is 1. The number of nitrogens with zero attached hydrogens (tertiary/aromatic N) is 6. The van der Waals surface area contributed by atoms with Crippen molar-refractivity contribution in [3.8, 4) is 22.5 Å². The number of benzene rings is 2. The van der Waals surface area contributed by atoms with Crippen molar-refractivity contribution >= 4 is 29.9 Å². The number of carbonyl (C=O) groups is 2. The van der Waals surface area contributed by atoms with Gasteiger partial charge in [-0.15, -0.1) is 0 Å². The second kappa shape index (κ2) is 16.4. The number of aromatic nitrogens is 5. The van der Waals surface area contributed by atoms with E-state index in [4.69, 9.17) is 26.9 Å². The van der Waals surface area contributed by atoms with Crippen molar-refractivity contribution < 1.29 is 36.3 Å². The van der Waals surface area contributed by atoms with Gasteiger partial charge in [-0.05, 0) is 55.5 Å². The number of rotatable bonds is 10. The number of nitrogens with two attached hydrogens (primary N) is 2. The monoisotopic (exact) mass is 765 g/mol. The number of carbonyl (C=O) groups excluding carboxylic acids is 2. The Bertz CT molecular complexity index is 1860. The highest BCUT2D eigenvalue weighted by Crippen LogP contribution is 2.38. The molecule has 2 aromatic carbocycles. The van der Waals surface area contributed by atoms with Crippen LogP contribution in [0.5, 0.6) is 0 Å². The number of aromatic amines is 1. The van der Waals surface area contributed by atoms with E-state index in [1.807, 2.05) is 41.3 Å². The largest absolute Gasteiger partial charge is 0.393 e. The number of amides is 2. The molecule has 2 aromatic heterocycles. The van der Waals surface area contributed by atoms with Crippen LogP contribution in [-0.4, -0.2) is 72.9 Å². The van der Waals surface area contributed by atoms with Gasteiger partial charge < -0.3 is 16.2 Å². The van der Waals surface area contributed by atoms with Crippen molar-refractivity contribution in [1.29, 1.82) is 0 Å². The molecule has 12 nitrogen and oxygen atoms in total. The fourth-order valence-electron chi connectivity index (χ4n) is 4.85. The van der Waals surface area contributed by atoms with Gasteiger partial charge in [-0.3, -0.25) is 24.3 Å².